The molecule has 4 aromatic rings. The molecule has 4 atom stereocenters. The van der Waals surface area contributed by atoms with Crippen LogP contribution in [0.4, 0.5) is 0 Å². The summed E-state index contributed by atoms with van der Waals surface area (Å²) in [6.45, 7) is 2.42. The summed E-state index contributed by atoms with van der Waals surface area (Å²) in [7, 11) is 0. The van der Waals surface area contributed by atoms with Crippen molar-refractivity contribution in [3.63, 3.8) is 0 Å². The molecule has 0 saturated carbocycles. The minimum atomic E-state index is -1.41. The van der Waals surface area contributed by atoms with E-state index in [9.17, 15) is 14.4 Å². The van der Waals surface area contributed by atoms with Crippen molar-refractivity contribution < 1.29 is 33.3 Å². The number of aryl methyl sites for hydroxylation is 1. The minimum Gasteiger partial charge on any atom is -0.451 e. The number of hydrogen-bond acceptors (Lipinski definition) is 9. The Hall–Kier alpha value is -4.83. The predicted molar refractivity (Wildman–Crippen MR) is 136 cm³/mol. The molecule has 10 heteroatoms. The highest BCUT2D eigenvalue weighted by atomic mass is 16.7. The third-order valence-corrected chi connectivity index (χ3v) is 6.08. The van der Waals surface area contributed by atoms with Crippen molar-refractivity contribution in [1.29, 1.82) is 0 Å². The van der Waals surface area contributed by atoms with Crippen molar-refractivity contribution in [3.05, 3.63) is 120 Å². The molecule has 5 rings (SSSR count). The molecule has 0 spiro atoms. The number of esters is 3. The lowest BCUT2D eigenvalue weighted by Crippen LogP contribution is -2.40. The van der Waals surface area contributed by atoms with E-state index in [2.05, 4.69) is 10.3 Å². The Morgan fingerprint density at radius 2 is 1.18 bits per heavy atom. The Morgan fingerprint density at radius 1 is 0.718 bits per heavy atom. The zero-order valence-electron chi connectivity index (χ0n) is 21.0. The third kappa shape index (κ3) is 5.86. The number of nitrogens with zero attached hydrogens (tertiary/aromatic N) is 3. The molecule has 3 aromatic carbocycles. The normalized spacial score (nSPS) is 20.2. The molecule has 1 aromatic heterocycles. The van der Waals surface area contributed by atoms with Crippen LogP contribution in [0.3, 0.4) is 0 Å². The van der Waals surface area contributed by atoms with Gasteiger partial charge in [-0.1, -0.05) is 59.8 Å². The molecule has 2 heterocycles. The fourth-order valence-electron chi connectivity index (χ4n) is 4.09. The van der Waals surface area contributed by atoms with E-state index in [4.69, 9.17) is 18.9 Å². The van der Waals surface area contributed by atoms with E-state index in [0.717, 1.165) is 0 Å². The number of rotatable bonds is 8. The first kappa shape index (κ1) is 25.8. The maximum absolute atomic E-state index is 13.1. The van der Waals surface area contributed by atoms with Gasteiger partial charge in [-0.25, -0.2) is 14.4 Å². The van der Waals surface area contributed by atoms with Crippen molar-refractivity contribution in [1.82, 2.24) is 15.0 Å². The van der Waals surface area contributed by atoms with Crippen LogP contribution < -0.4 is 0 Å². The van der Waals surface area contributed by atoms with Gasteiger partial charge in [0.15, 0.2) is 6.10 Å². The zero-order valence-corrected chi connectivity index (χ0v) is 21.0. The largest absolute Gasteiger partial charge is 0.451 e. The summed E-state index contributed by atoms with van der Waals surface area (Å²) in [5.74, 6) is -2.08. The molecule has 0 unspecified atom stereocenters. The first-order chi connectivity index (χ1) is 19.0. The lowest BCUT2D eigenvalue weighted by atomic mass is 10.1. The predicted octanol–water partition coefficient (Wildman–Crippen LogP) is 4.00. The monoisotopic (exact) mass is 527 g/mol. The summed E-state index contributed by atoms with van der Waals surface area (Å²) in [6.07, 6.45) is -3.34. The summed E-state index contributed by atoms with van der Waals surface area (Å²) in [5.41, 5.74) is 1.14. The molecule has 1 aliphatic rings. The van der Waals surface area contributed by atoms with Gasteiger partial charge in [-0.15, -0.1) is 5.10 Å². The van der Waals surface area contributed by atoms with E-state index in [0.29, 0.717) is 12.2 Å². The van der Waals surface area contributed by atoms with E-state index in [1.807, 2.05) is 6.92 Å². The molecule has 39 heavy (non-hydrogen) atoms. The molecule has 0 N–H and O–H groups in total. The van der Waals surface area contributed by atoms with Crippen LogP contribution in [0.2, 0.25) is 0 Å². The average Bonchev–Trinajstić information content (AvgIpc) is 3.59. The first-order valence-electron chi connectivity index (χ1n) is 12.4. The molecule has 0 amide bonds. The molecule has 0 bridgehead atoms. The quantitative estimate of drug-likeness (QED) is 0.247. The fraction of sp³-hybridized carbons (Fsp3) is 0.207. The van der Waals surface area contributed by atoms with Gasteiger partial charge in [-0.05, 0) is 43.3 Å². The van der Waals surface area contributed by atoms with Gasteiger partial charge < -0.3 is 18.9 Å². The molecular weight excluding hydrogens is 502 g/mol. The van der Waals surface area contributed by atoms with Crippen molar-refractivity contribution in [2.75, 3.05) is 0 Å². The first-order valence-corrected chi connectivity index (χ1v) is 12.4. The Labute approximate surface area is 224 Å². The van der Waals surface area contributed by atoms with Crippen molar-refractivity contribution >= 4 is 17.9 Å². The van der Waals surface area contributed by atoms with Crippen LogP contribution in [-0.4, -0.2) is 51.4 Å². The lowest BCUT2D eigenvalue weighted by Gasteiger charge is -2.23. The number of aromatic nitrogens is 3. The SMILES string of the molecule is CCn1cc([C@H]2O[C@@H](OC(=O)c3ccccc3)[C@H](OC(=O)c3ccccc3)[C@@H]2OC(=O)c2ccccc2)nn1. The van der Waals surface area contributed by atoms with Crippen molar-refractivity contribution in [3.8, 4) is 0 Å². The second kappa shape index (κ2) is 11.7. The van der Waals surface area contributed by atoms with Gasteiger partial charge in [0.25, 0.3) is 0 Å². The maximum Gasteiger partial charge on any atom is 0.340 e. The smallest absolute Gasteiger partial charge is 0.340 e. The van der Waals surface area contributed by atoms with Gasteiger partial charge in [-0.2, -0.15) is 0 Å². The Morgan fingerprint density at radius 3 is 1.64 bits per heavy atom. The summed E-state index contributed by atoms with van der Waals surface area (Å²) in [4.78, 5) is 39.2. The molecular formula is C29H25N3O7. The summed E-state index contributed by atoms with van der Waals surface area (Å²) >= 11 is 0. The number of carbonyl (C=O) groups is 3. The average molecular weight is 528 g/mol. The van der Waals surface area contributed by atoms with Crippen molar-refractivity contribution in [2.45, 2.75) is 38.1 Å². The fourth-order valence-corrected chi connectivity index (χ4v) is 4.09. The Balaban J connectivity index is 1.50. The highest BCUT2D eigenvalue weighted by molar-refractivity contribution is 5.91. The van der Waals surface area contributed by atoms with Gasteiger partial charge in [0, 0.05) is 6.54 Å². The van der Waals surface area contributed by atoms with E-state index >= 15 is 0 Å². The molecule has 198 valence electrons. The Kier molecular flexibility index (Phi) is 7.74. The molecule has 1 saturated heterocycles. The number of hydrogen-bond donors (Lipinski definition) is 0. The lowest BCUT2D eigenvalue weighted by molar-refractivity contribution is -0.137. The summed E-state index contributed by atoms with van der Waals surface area (Å²) < 4.78 is 25.0. The van der Waals surface area contributed by atoms with Crippen LogP contribution >= 0.6 is 0 Å². The zero-order chi connectivity index (χ0) is 27.2. The van der Waals surface area contributed by atoms with Crippen molar-refractivity contribution in [2.24, 2.45) is 0 Å². The minimum absolute atomic E-state index is 0.263. The standard InChI is InChI=1S/C29H25N3O7/c1-2-32-18-22(30-31-32)23-24(36-26(33)19-12-6-3-7-13-19)25(37-27(34)20-14-8-4-9-15-20)29(38-23)39-28(35)21-16-10-5-11-17-21/h3-18,23-25,29H,2H2,1H3/t23-,24-,25-,29+/m1/s1. The van der Waals surface area contributed by atoms with E-state index < -0.39 is 42.5 Å². The number of ether oxygens (including phenoxy) is 4. The second-order valence-corrected chi connectivity index (χ2v) is 8.67. The maximum atomic E-state index is 13.1. The van der Waals surface area contributed by atoms with Gasteiger partial charge in [0.1, 0.15) is 11.8 Å². The van der Waals surface area contributed by atoms with Crippen LogP contribution in [0.25, 0.3) is 0 Å². The van der Waals surface area contributed by atoms with Crippen LogP contribution in [0.5, 0.6) is 0 Å². The van der Waals surface area contributed by atoms with Crippen LogP contribution in [-0.2, 0) is 25.5 Å². The highest BCUT2D eigenvalue weighted by Crippen LogP contribution is 2.38. The van der Waals surface area contributed by atoms with E-state index in [1.54, 1.807) is 102 Å². The second-order valence-electron chi connectivity index (χ2n) is 8.67. The molecule has 0 radical (unpaired) electrons. The number of benzene rings is 3. The number of carbonyl (C=O) groups excluding carboxylic acids is 3. The van der Waals surface area contributed by atoms with E-state index in [1.165, 1.54) is 0 Å². The van der Waals surface area contributed by atoms with Gasteiger partial charge in [0.2, 0.25) is 12.4 Å². The third-order valence-electron chi connectivity index (χ3n) is 6.08. The van der Waals surface area contributed by atoms with Gasteiger partial charge in [0.05, 0.1) is 22.9 Å². The molecule has 1 fully saturated rings. The summed E-state index contributed by atoms with van der Waals surface area (Å²) in [6, 6.07) is 25.0. The van der Waals surface area contributed by atoms with E-state index in [-0.39, 0.29) is 16.7 Å². The topological polar surface area (TPSA) is 119 Å². The molecule has 1 aliphatic heterocycles. The highest BCUT2D eigenvalue weighted by Gasteiger charge is 2.53. The molecule has 10 nitrogen and oxygen atoms in total. The van der Waals surface area contributed by atoms with Crippen LogP contribution in [0.15, 0.2) is 97.2 Å². The van der Waals surface area contributed by atoms with Gasteiger partial charge >= 0.3 is 17.9 Å². The Bertz CT molecular complexity index is 1430. The molecule has 0 aliphatic carbocycles. The summed E-state index contributed by atoms with van der Waals surface area (Å²) in [5, 5.41) is 8.21. The van der Waals surface area contributed by atoms with Crippen LogP contribution in [0.1, 0.15) is 49.8 Å². The van der Waals surface area contributed by atoms with Gasteiger partial charge in [-0.3, -0.25) is 4.68 Å². The van der Waals surface area contributed by atoms with Crippen LogP contribution in [0, 0.1) is 0 Å².